The molecule has 0 radical (unpaired) electrons. The topological polar surface area (TPSA) is 109 Å². The highest BCUT2D eigenvalue weighted by atomic mass is 32.2. The molecule has 162 valence electrons. The Kier molecular flexibility index (Phi) is 7.17. The van der Waals surface area contributed by atoms with Crippen molar-refractivity contribution in [3.8, 4) is 0 Å². The van der Waals surface area contributed by atoms with Gasteiger partial charge in [-0.05, 0) is 48.9 Å². The molecule has 0 aromatic heterocycles. The number of ketones is 2. The molecule has 0 saturated carbocycles. The van der Waals surface area contributed by atoms with E-state index in [4.69, 9.17) is 0 Å². The van der Waals surface area contributed by atoms with Crippen LogP contribution in [-0.2, 0) is 0 Å². The molecule has 8 heteroatoms. The average Bonchev–Trinajstić information content (AvgIpc) is 2.81. The normalized spacial score (nSPS) is 10.6. The molecule has 0 amide bonds. The van der Waals surface area contributed by atoms with Crippen molar-refractivity contribution in [1.29, 1.82) is 0 Å². The summed E-state index contributed by atoms with van der Waals surface area (Å²) in [4.78, 5) is 51.7. The Morgan fingerprint density at radius 2 is 0.906 bits per heavy atom. The third-order valence-electron chi connectivity index (χ3n) is 4.81. The standard InChI is InChI=1S/C24H18O6S2/c1-31-19-9-5-3-7-13(19)21(25)15-11-18(24(29)30)16(12-17(15)23(27)28)22(26)14-8-4-6-10-20(14)32-2/h3-12H,1-2H3,(H,27,28)(H,29,30). The first-order chi connectivity index (χ1) is 15.3. The Morgan fingerprint density at radius 3 is 1.22 bits per heavy atom. The minimum atomic E-state index is -1.43. The minimum absolute atomic E-state index is 0.255. The lowest BCUT2D eigenvalue weighted by atomic mass is 9.90. The van der Waals surface area contributed by atoms with E-state index in [0.717, 1.165) is 12.1 Å². The summed E-state index contributed by atoms with van der Waals surface area (Å²) < 4.78 is 0. The van der Waals surface area contributed by atoms with Crippen molar-refractivity contribution >= 4 is 47.0 Å². The zero-order valence-electron chi connectivity index (χ0n) is 17.1. The van der Waals surface area contributed by atoms with Gasteiger partial charge in [0.05, 0.1) is 11.1 Å². The molecule has 0 bridgehead atoms. The van der Waals surface area contributed by atoms with E-state index in [-0.39, 0.29) is 22.3 Å². The second-order valence-corrected chi connectivity index (χ2v) is 8.31. The monoisotopic (exact) mass is 466 g/mol. The van der Waals surface area contributed by atoms with Crippen molar-refractivity contribution in [2.45, 2.75) is 9.79 Å². The summed E-state index contributed by atoms with van der Waals surface area (Å²) in [6.45, 7) is 0. The van der Waals surface area contributed by atoms with Crippen LogP contribution in [0.3, 0.4) is 0 Å². The van der Waals surface area contributed by atoms with E-state index in [9.17, 15) is 29.4 Å². The van der Waals surface area contributed by atoms with Crippen LogP contribution in [0.15, 0.2) is 70.5 Å². The predicted octanol–water partition coefficient (Wildman–Crippen LogP) is 4.99. The fourth-order valence-corrected chi connectivity index (χ4v) is 4.47. The molecule has 3 rings (SSSR count). The number of hydrogen-bond donors (Lipinski definition) is 2. The van der Waals surface area contributed by atoms with E-state index >= 15 is 0 Å². The van der Waals surface area contributed by atoms with E-state index in [2.05, 4.69) is 0 Å². The van der Waals surface area contributed by atoms with Gasteiger partial charge in [0.1, 0.15) is 0 Å². The highest BCUT2D eigenvalue weighted by molar-refractivity contribution is 7.99. The summed E-state index contributed by atoms with van der Waals surface area (Å²) in [6, 6.07) is 15.3. The number of thioether (sulfide) groups is 2. The SMILES string of the molecule is CSc1ccccc1C(=O)c1cc(C(=O)O)c(C(=O)c2ccccc2SC)cc1C(=O)O. The Bertz CT molecular complexity index is 1150. The van der Waals surface area contributed by atoms with Crippen LogP contribution in [0.2, 0.25) is 0 Å². The summed E-state index contributed by atoms with van der Waals surface area (Å²) in [7, 11) is 0. The van der Waals surface area contributed by atoms with Gasteiger partial charge in [0.2, 0.25) is 0 Å². The van der Waals surface area contributed by atoms with Crippen molar-refractivity contribution < 1.29 is 29.4 Å². The minimum Gasteiger partial charge on any atom is -0.478 e. The van der Waals surface area contributed by atoms with Crippen molar-refractivity contribution in [1.82, 2.24) is 0 Å². The molecule has 32 heavy (non-hydrogen) atoms. The number of carbonyl (C=O) groups is 4. The quantitative estimate of drug-likeness (QED) is 0.353. The molecule has 0 spiro atoms. The summed E-state index contributed by atoms with van der Waals surface area (Å²) in [6.07, 6.45) is 3.55. The van der Waals surface area contributed by atoms with Crippen LogP contribution in [-0.4, -0.2) is 46.2 Å². The van der Waals surface area contributed by atoms with E-state index < -0.39 is 34.6 Å². The predicted molar refractivity (Wildman–Crippen MR) is 124 cm³/mol. The third kappa shape index (κ3) is 4.46. The second kappa shape index (κ2) is 9.84. The number of aromatic carboxylic acids is 2. The Hall–Kier alpha value is -3.36. The van der Waals surface area contributed by atoms with E-state index in [1.165, 1.54) is 23.5 Å². The average molecular weight is 467 g/mol. The smallest absolute Gasteiger partial charge is 0.336 e. The maximum atomic E-state index is 13.2. The first-order valence-corrected chi connectivity index (χ1v) is 11.7. The van der Waals surface area contributed by atoms with Crippen molar-refractivity contribution in [3.63, 3.8) is 0 Å². The molecule has 0 saturated heterocycles. The fraction of sp³-hybridized carbons (Fsp3) is 0.0833. The Balaban J connectivity index is 2.25. The first kappa shape index (κ1) is 23.3. The first-order valence-electron chi connectivity index (χ1n) is 9.30. The maximum absolute atomic E-state index is 13.2. The van der Waals surface area contributed by atoms with Crippen LogP contribution in [0.25, 0.3) is 0 Å². The van der Waals surface area contributed by atoms with Gasteiger partial charge >= 0.3 is 11.9 Å². The number of rotatable bonds is 8. The molecule has 0 aliphatic heterocycles. The second-order valence-electron chi connectivity index (χ2n) is 6.61. The Labute approximate surface area is 192 Å². The van der Waals surface area contributed by atoms with Gasteiger partial charge in [0.15, 0.2) is 11.6 Å². The van der Waals surface area contributed by atoms with Crippen molar-refractivity contribution in [2.24, 2.45) is 0 Å². The highest BCUT2D eigenvalue weighted by Crippen LogP contribution is 2.29. The summed E-state index contributed by atoms with van der Waals surface area (Å²) >= 11 is 2.62. The van der Waals surface area contributed by atoms with Gasteiger partial charge in [-0.3, -0.25) is 9.59 Å². The lowest BCUT2D eigenvalue weighted by molar-refractivity contribution is 0.0677. The van der Waals surface area contributed by atoms with Gasteiger partial charge in [0, 0.05) is 32.0 Å². The van der Waals surface area contributed by atoms with Crippen molar-refractivity contribution in [2.75, 3.05) is 12.5 Å². The van der Waals surface area contributed by atoms with Crippen LogP contribution >= 0.6 is 23.5 Å². The van der Waals surface area contributed by atoms with Crippen LogP contribution in [0.4, 0.5) is 0 Å². The van der Waals surface area contributed by atoms with E-state index in [1.807, 2.05) is 0 Å². The van der Waals surface area contributed by atoms with Gasteiger partial charge < -0.3 is 10.2 Å². The van der Waals surface area contributed by atoms with Gasteiger partial charge in [-0.25, -0.2) is 9.59 Å². The lowest BCUT2D eigenvalue weighted by Crippen LogP contribution is -2.17. The molecule has 0 atom stereocenters. The van der Waals surface area contributed by atoms with Crippen LogP contribution in [0, 0.1) is 0 Å². The highest BCUT2D eigenvalue weighted by Gasteiger charge is 2.28. The molecule has 2 N–H and O–H groups in total. The number of carboxylic acids is 2. The third-order valence-corrected chi connectivity index (χ3v) is 6.40. The Morgan fingerprint density at radius 1 is 0.562 bits per heavy atom. The molecule has 0 fully saturated rings. The fourth-order valence-electron chi connectivity index (χ4n) is 3.28. The maximum Gasteiger partial charge on any atom is 0.336 e. The lowest BCUT2D eigenvalue weighted by Gasteiger charge is -2.14. The summed E-state index contributed by atoms with van der Waals surface area (Å²) in [5.41, 5.74) is -0.921. The molecule has 3 aromatic rings. The van der Waals surface area contributed by atoms with E-state index in [0.29, 0.717) is 9.79 Å². The summed E-state index contributed by atoms with van der Waals surface area (Å²) in [5, 5.41) is 19.5. The zero-order valence-corrected chi connectivity index (χ0v) is 18.8. The van der Waals surface area contributed by atoms with Crippen molar-refractivity contribution in [3.05, 3.63) is 94.0 Å². The zero-order chi connectivity index (χ0) is 23.4. The number of benzene rings is 3. The van der Waals surface area contributed by atoms with Gasteiger partial charge in [0.25, 0.3) is 0 Å². The number of carboxylic acid groups (broad SMARTS) is 2. The van der Waals surface area contributed by atoms with E-state index in [1.54, 1.807) is 61.0 Å². The van der Waals surface area contributed by atoms with Crippen LogP contribution in [0.5, 0.6) is 0 Å². The van der Waals surface area contributed by atoms with Crippen LogP contribution in [0.1, 0.15) is 52.6 Å². The molecule has 0 aliphatic carbocycles. The molecular weight excluding hydrogens is 448 g/mol. The molecule has 6 nitrogen and oxygen atoms in total. The molecule has 0 unspecified atom stereocenters. The number of hydrogen-bond acceptors (Lipinski definition) is 6. The van der Waals surface area contributed by atoms with Gasteiger partial charge in [-0.2, -0.15) is 0 Å². The van der Waals surface area contributed by atoms with Gasteiger partial charge in [-0.1, -0.05) is 24.3 Å². The van der Waals surface area contributed by atoms with Gasteiger partial charge in [-0.15, -0.1) is 23.5 Å². The number of carbonyl (C=O) groups excluding carboxylic acids is 2. The molecule has 0 aliphatic rings. The van der Waals surface area contributed by atoms with Crippen LogP contribution < -0.4 is 0 Å². The summed E-state index contributed by atoms with van der Waals surface area (Å²) in [5.74, 6) is -4.12. The molecular formula is C24H18O6S2. The molecule has 3 aromatic carbocycles. The molecule has 0 heterocycles. The largest absolute Gasteiger partial charge is 0.478 e.